The Labute approximate surface area is 136 Å². The molecule has 0 saturated carbocycles. The van der Waals surface area contributed by atoms with Gasteiger partial charge in [-0.2, -0.15) is 5.10 Å². The molecule has 5 heteroatoms. The van der Waals surface area contributed by atoms with Crippen molar-refractivity contribution in [3.05, 3.63) is 41.9 Å². The Morgan fingerprint density at radius 1 is 1.17 bits per heavy atom. The van der Waals surface area contributed by atoms with Gasteiger partial charge in [0.05, 0.1) is 19.0 Å². The van der Waals surface area contributed by atoms with Gasteiger partial charge in [0.25, 0.3) is 0 Å². The molecule has 3 rings (SSSR count). The molecule has 0 saturated heterocycles. The fourth-order valence-corrected chi connectivity index (χ4v) is 3.02. The summed E-state index contributed by atoms with van der Waals surface area (Å²) in [6, 6.07) is 5.82. The molecule has 122 valence electrons. The van der Waals surface area contributed by atoms with Crippen LogP contribution in [0.15, 0.2) is 36.2 Å². The monoisotopic (exact) mass is 313 g/mol. The quantitative estimate of drug-likeness (QED) is 0.815. The Morgan fingerprint density at radius 2 is 2.04 bits per heavy atom. The van der Waals surface area contributed by atoms with Gasteiger partial charge in [0.1, 0.15) is 12.4 Å². The Kier molecular flexibility index (Phi) is 4.95. The van der Waals surface area contributed by atoms with Gasteiger partial charge in [-0.3, -0.25) is 4.68 Å². The number of rotatable bonds is 6. The zero-order valence-corrected chi connectivity index (χ0v) is 13.8. The van der Waals surface area contributed by atoms with Crippen molar-refractivity contribution >= 4 is 5.57 Å². The van der Waals surface area contributed by atoms with Crippen molar-refractivity contribution < 1.29 is 9.47 Å². The van der Waals surface area contributed by atoms with Gasteiger partial charge in [0.15, 0.2) is 0 Å². The maximum Gasteiger partial charge on any atom is 0.213 e. The van der Waals surface area contributed by atoms with Gasteiger partial charge in [-0.25, -0.2) is 4.98 Å². The van der Waals surface area contributed by atoms with Gasteiger partial charge in [0, 0.05) is 18.8 Å². The zero-order valence-electron chi connectivity index (χ0n) is 13.8. The molecule has 0 atom stereocenters. The van der Waals surface area contributed by atoms with Crippen LogP contribution in [0.3, 0.4) is 0 Å². The standard InChI is InChI=1S/C18H23N3O2/c1-3-21-17(10-11-20-21)16-7-5-4-6-14(16)13-23-15-8-9-18(22-2)19-12-15/h8-12H,3-7,13H2,1-2H3. The Bertz CT molecular complexity index is 674. The molecule has 23 heavy (non-hydrogen) atoms. The van der Waals surface area contributed by atoms with E-state index in [1.54, 1.807) is 13.3 Å². The molecule has 2 aromatic rings. The average Bonchev–Trinajstić information content (AvgIpc) is 3.09. The molecule has 1 aliphatic rings. The molecule has 2 heterocycles. The molecule has 0 radical (unpaired) electrons. The largest absolute Gasteiger partial charge is 0.488 e. The number of hydrogen-bond acceptors (Lipinski definition) is 4. The maximum absolute atomic E-state index is 5.94. The van der Waals surface area contributed by atoms with Gasteiger partial charge in [-0.15, -0.1) is 0 Å². The SMILES string of the molecule is CCn1nccc1C1=C(COc2ccc(OC)nc2)CCCC1. The first-order valence-electron chi connectivity index (χ1n) is 8.17. The fourth-order valence-electron chi connectivity index (χ4n) is 3.02. The lowest BCUT2D eigenvalue weighted by Crippen LogP contribution is -2.11. The third kappa shape index (κ3) is 3.55. The van der Waals surface area contributed by atoms with E-state index in [0.29, 0.717) is 12.5 Å². The minimum Gasteiger partial charge on any atom is -0.488 e. The van der Waals surface area contributed by atoms with Gasteiger partial charge in [-0.1, -0.05) is 0 Å². The molecule has 0 fully saturated rings. The highest BCUT2D eigenvalue weighted by Crippen LogP contribution is 2.32. The zero-order chi connectivity index (χ0) is 16.1. The van der Waals surface area contributed by atoms with Crippen LogP contribution in [0.2, 0.25) is 0 Å². The predicted octanol–water partition coefficient (Wildman–Crippen LogP) is 3.71. The van der Waals surface area contributed by atoms with Gasteiger partial charge >= 0.3 is 0 Å². The van der Waals surface area contributed by atoms with Gasteiger partial charge in [-0.05, 0) is 55.9 Å². The van der Waals surface area contributed by atoms with Gasteiger partial charge < -0.3 is 9.47 Å². The molecule has 0 unspecified atom stereocenters. The minimum absolute atomic E-state index is 0.599. The second-order valence-corrected chi connectivity index (χ2v) is 5.65. The number of aromatic nitrogens is 3. The van der Waals surface area contributed by atoms with Crippen LogP contribution in [-0.4, -0.2) is 28.5 Å². The van der Waals surface area contributed by atoms with Crippen molar-refractivity contribution in [1.82, 2.24) is 14.8 Å². The molecule has 0 spiro atoms. The van der Waals surface area contributed by atoms with Crippen molar-refractivity contribution in [3.8, 4) is 11.6 Å². The molecule has 0 bridgehead atoms. The summed E-state index contributed by atoms with van der Waals surface area (Å²) in [5.74, 6) is 1.37. The van der Waals surface area contributed by atoms with Crippen molar-refractivity contribution in [2.75, 3.05) is 13.7 Å². The predicted molar refractivity (Wildman–Crippen MR) is 89.6 cm³/mol. The molecule has 0 amide bonds. The van der Waals surface area contributed by atoms with E-state index in [2.05, 4.69) is 27.8 Å². The topological polar surface area (TPSA) is 49.2 Å². The molecule has 0 aliphatic heterocycles. The average molecular weight is 313 g/mol. The second kappa shape index (κ2) is 7.31. The summed E-state index contributed by atoms with van der Waals surface area (Å²) in [4.78, 5) is 4.18. The molecule has 0 aromatic carbocycles. The highest BCUT2D eigenvalue weighted by atomic mass is 16.5. The van der Waals surface area contributed by atoms with Crippen LogP contribution in [0.4, 0.5) is 0 Å². The second-order valence-electron chi connectivity index (χ2n) is 5.65. The lowest BCUT2D eigenvalue weighted by atomic mass is 9.90. The molecular formula is C18H23N3O2. The minimum atomic E-state index is 0.599. The van der Waals surface area contributed by atoms with E-state index in [1.165, 1.54) is 29.7 Å². The van der Waals surface area contributed by atoms with E-state index >= 15 is 0 Å². The van der Waals surface area contributed by atoms with Crippen molar-refractivity contribution in [2.45, 2.75) is 39.2 Å². The number of ether oxygens (including phenoxy) is 2. The number of allylic oxidation sites excluding steroid dienone is 1. The molecule has 2 aromatic heterocycles. The normalized spacial score (nSPS) is 14.9. The number of nitrogens with zero attached hydrogens (tertiary/aromatic N) is 3. The molecule has 0 N–H and O–H groups in total. The first-order valence-corrected chi connectivity index (χ1v) is 8.17. The Morgan fingerprint density at radius 3 is 2.78 bits per heavy atom. The summed E-state index contributed by atoms with van der Waals surface area (Å²) < 4.78 is 13.1. The van der Waals surface area contributed by atoms with Crippen LogP contribution in [-0.2, 0) is 6.54 Å². The van der Waals surface area contributed by atoms with E-state index in [0.717, 1.165) is 25.1 Å². The number of hydrogen-bond donors (Lipinski definition) is 0. The summed E-state index contributed by atoms with van der Waals surface area (Å²) in [5.41, 5.74) is 4.01. The van der Waals surface area contributed by atoms with Crippen LogP contribution in [0.1, 0.15) is 38.3 Å². The molecule has 5 nitrogen and oxygen atoms in total. The lowest BCUT2D eigenvalue weighted by Gasteiger charge is -2.21. The van der Waals surface area contributed by atoms with E-state index in [-0.39, 0.29) is 0 Å². The van der Waals surface area contributed by atoms with E-state index < -0.39 is 0 Å². The molecule has 1 aliphatic carbocycles. The first-order chi connectivity index (χ1) is 11.3. The smallest absolute Gasteiger partial charge is 0.213 e. The van der Waals surface area contributed by atoms with E-state index in [9.17, 15) is 0 Å². The maximum atomic E-state index is 5.94. The summed E-state index contributed by atoms with van der Waals surface area (Å²) >= 11 is 0. The van der Waals surface area contributed by atoms with Crippen molar-refractivity contribution in [3.63, 3.8) is 0 Å². The fraction of sp³-hybridized carbons (Fsp3) is 0.444. The van der Waals surface area contributed by atoms with E-state index in [4.69, 9.17) is 9.47 Å². The number of pyridine rings is 1. The lowest BCUT2D eigenvalue weighted by molar-refractivity contribution is 0.340. The molecular weight excluding hydrogens is 290 g/mol. The van der Waals surface area contributed by atoms with Crippen LogP contribution in [0.5, 0.6) is 11.6 Å². The van der Waals surface area contributed by atoms with Crippen LogP contribution in [0, 0.1) is 0 Å². The van der Waals surface area contributed by atoms with Crippen molar-refractivity contribution in [2.24, 2.45) is 0 Å². The number of aryl methyl sites for hydroxylation is 1. The Hall–Kier alpha value is -2.30. The third-order valence-electron chi connectivity index (χ3n) is 4.24. The van der Waals surface area contributed by atoms with Crippen LogP contribution in [0.25, 0.3) is 5.57 Å². The van der Waals surface area contributed by atoms with Crippen LogP contribution < -0.4 is 9.47 Å². The van der Waals surface area contributed by atoms with Gasteiger partial charge in [0.2, 0.25) is 5.88 Å². The van der Waals surface area contributed by atoms with E-state index in [1.807, 2.05) is 18.3 Å². The third-order valence-corrected chi connectivity index (χ3v) is 4.24. The first kappa shape index (κ1) is 15.6. The summed E-state index contributed by atoms with van der Waals surface area (Å²) in [7, 11) is 1.61. The summed E-state index contributed by atoms with van der Waals surface area (Å²) in [6.45, 7) is 3.62. The van der Waals surface area contributed by atoms with Crippen molar-refractivity contribution in [1.29, 1.82) is 0 Å². The number of methoxy groups -OCH3 is 1. The Balaban J connectivity index is 1.77. The summed E-state index contributed by atoms with van der Waals surface area (Å²) in [5, 5.41) is 4.40. The summed E-state index contributed by atoms with van der Waals surface area (Å²) in [6.07, 6.45) is 8.24. The highest BCUT2D eigenvalue weighted by molar-refractivity contribution is 5.67. The van der Waals surface area contributed by atoms with Crippen LogP contribution >= 0.6 is 0 Å². The highest BCUT2D eigenvalue weighted by Gasteiger charge is 2.17.